The Hall–Kier alpha value is -3.74. The van der Waals surface area contributed by atoms with Crippen LogP contribution in [0.2, 0.25) is 0 Å². The van der Waals surface area contributed by atoms with Crippen LogP contribution in [0.4, 0.5) is 0 Å². The Morgan fingerprint density at radius 3 is 1.59 bits per heavy atom. The molecule has 0 spiro atoms. The molecule has 41 heavy (non-hydrogen) atoms. The van der Waals surface area contributed by atoms with Gasteiger partial charge in [-0.3, -0.25) is 14.9 Å². The molecule has 0 unspecified atom stereocenters. The van der Waals surface area contributed by atoms with Crippen LogP contribution in [-0.2, 0) is 26.2 Å². The number of hydrogen-bond donors (Lipinski definition) is 1. The minimum absolute atomic E-state index is 0.666. The molecule has 0 radical (unpaired) electrons. The zero-order valence-electron chi connectivity index (χ0n) is 24.5. The molecule has 0 amide bonds. The number of fused-ring (bicyclic) bond motifs is 6. The maximum atomic E-state index is 6.04. The molecule has 0 fully saturated rings. The van der Waals surface area contributed by atoms with Crippen molar-refractivity contribution in [2.24, 2.45) is 5.73 Å². The third kappa shape index (κ3) is 5.22. The van der Waals surface area contributed by atoms with E-state index in [-0.39, 0.29) is 0 Å². The lowest BCUT2D eigenvalue weighted by molar-refractivity contribution is 0.250. The molecule has 6 aromatic rings. The number of aryl methyl sites for hydroxylation is 2. The first-order valence-electron chi connectivity index (χ1n) is 15.4. The Labute approximate surface area is 242 Å². The van der Waals surface area contributed by atoms with E-state index >= 15 is 0 Å². The molecule has 0 atom stereocenters. The molecule has 2 N–H and O–H groups in total. The van der Waals surface area contributed by atoms with Crippen LogP contribution in [-0.4, -0.2) is 37.1 Å². The SMILES string of the molecule is CCCCn1c2ccccc2c2ccnc(CN(CCCN)Cc3nccc4c5ccccc5n(CCCC)c34)c21. The fourth-order valence-corrected chi connectivity index (χ4v) is 6.43. The van der Waals surface area contributed by atoms with Gasteiger partial charge < -0.3 is 14.9 Å². The normalized spacial score (nSPS) is 12.1. The molecule has 0 bridgehead atoms. The Morgan fingerprint density at radius 2 is 1.12 bits per heavy atom. The minimum atomic E-state index is 0.666. The predicted octanol–water partition coefficient (Wildman–Crippen LogP) is 7.64. The number of nitrogens with zero attached hydrogens (tertiary/aromatic N) is 5. The highest BCUT2D eigenvalue weighted by molar-refractivity contribution is 6.09. The van der Waals surface area contributed by atoms with E-state index in [1.165, 1.54) is 43.6 Å². The van der Waals surface area contributed by atoms with Crippen molar-refractivity contribution in [3.8, 4) is 0 Å². The molecule has 0 aliphatic carbocycles. The predicted molar refractivity (Wildman–Crippen MR) is 172 cm³/mol. The van der Waals surface area contributed by atoms with Crippen molar-refractivity contribution in [2.45, 2.75) is 72.1 Å². The van der Waals surface area contributed by atoms with Crippen LogP contribution in [0.15, 0.2) is 73.1 Å². The molecule has 4 aromatic heterocycles. The Bertz CT molecular complexity index is 1650. The Balaban J connectivity index is 1.44. The van der Waals surface area contributed by atoms with Gasteiger partial charge in [-0.15, -0.1) is 0 Å². The van der Waals surface area contributed by atoms with Crippen LogP contribution in [0.5, 0.6) is 0 Å². The summed E-state index contributed by atoms with van der Waals surface area (Å²) in [4.78, 5) is 12.5. The molecule has 6 heteroatoms. The van der Waals surface area contributed by atoms with Crippen LogP contribution in [0.1, 0.15) is 57.3 Å². The minimum Gasteiger partial charge on any atom is -0.339 e. The monoisotopic (exact) mass is 546 g/mol. The van der Waals surface area contributed by atoms with Gasteiger partial charge in [0.15, 0.2) is 0 Å². The van der Waals surface area contributed by atoms with Crippen LogP contribution >= 0.6 is 0 Å². The summed E-state index contributed by atoms with van der Waals surface area (Å²) in [7, 11) is 0. The van der Waals surface area contributed by atoms with Crippen LogP contribution in [0, 0.1) is 0 Å². The first kappa shape index (κ1) is 27.4. The number of aromatic nitrogens is 4. The molecule has 0 aliphatic rings. The van der Waals surface area contributed by atoms with Crippen molar-refractivity contribution in [3.63, 3.8) is 0 Å². The van der Waals surface area contributed by atoms with E-state index < -0.39 is 0 Å². The van der Waals surface area contributed by atoms with E-state index in [0.717, 1.165) is 76.2 Å². The smallest absolute Gasteiger partial charge is 0.0786 e. The number of hydrogen-bond acceptors (Lipinski definition) is 4. The fourth-order valence-electron chi connectivity index (χ4n) is 6.43. The van der Waals surface area contributed by atoms with E-state index in [1.807, 2.05) is 12.4 Å². The molecule has 2 aromatic carbocycles. The first-order valence-corrected chi connectivity index (χ1v) is 15.4. The number of rotatable bonds is 13. The molecule has 0 saturated heterocycles. The summed E-state index contributed by atoms with van der Waals surface area (Å²) in [6.45, 7) is 9.60. The first-order chi connectivity index (χ1) is 20.2. The standard InChI is InChI=1S/C35H42N6/c1-3-5-22-40-32-14-9-7-12-26(32)28-16-19-37-30(34(28)40)24-39(21-11-18-36)25-31-35-29(17-20-38-31)27-13-8-10-15-33(27)41(35)23-6-4-2/h7-10,12-17,19-20H,3-6,11,18,21-25,36H2,1-2H3. The summed E-state index contributed by atoms with van der Waals surface area (Å²) in [5, 5.41) is 5.20. The average molecular weight is 547 g/mol. The number of benzene rings is 2. The second-order valence-electron chi connectivity index (χ2n) is 11.2. The van der Waals surface area contributed by atoms with Crippen LogP contribution in [0.3, 0.4) is 0 Å². The van der Waals surface area contributed by atoms with Gasteiger partial charge in [0.1, 0.15) is 0 Å². The van der Waals surface area contributed by atoms with Gasteiger partial charge >= 0.3 is 0 Å². The summed E-state index contributed by atoms with van der Waals surface area (Å²) in [5.74, 6) is 0. The van der Waals surface area contributed by atoms with E-state index in [1.54, 1.807) is 0 Å². The topological polar surface area (TPSA) is 64.9 Å². The summed E-state index contributed by atoms with van der Waals surface area (Å²) < 4.78 is 5.00. The quantitative estimate of drug-likeness (QED) is 0.162. The fraction of sp³-hybridized carbons (Fsp3) is 0.371. The molecule has 0 saturated carbocycles. The van der Waals surface area contributed by atoms with Gasteiger partial charge in [-0.1, -0.05) is 63.1 Å². The van der Waals surface area contributed by atoms with Crippen molar-refractivity contribution in [2.75, 3.05) is 13.1 Å². The molecule has 6 rings (SSSR count). The second-order valence-corrected chi connectivity index (χ2v) is 11.2. The van der Waals surface area contributed by atoms with Crippen molar-refractivity contribution in [3.05, 3.63) is 84.4 Å². The molecule has 212 valence electrons. The van der Waals surface area contributed by atoms with Gasteiger partial charge in [0.25, 0.3) is 0 Å². The second kappa shape index (κ2) is 12.4. The number of nitrogens with two attached hydrogens (primary N) is 1. The third-order valence-electron chi connectivity index (χ3n) is 8.41. The van der Waals surface area contributed by atoms with Crippen molar-refractivity contribution in [1.82, 2.24) is 24.0 Å². The lowest BCUT2D eigenvalue weighted by atomic mass is 10.1. The molecular weight excluding hydrogens is 504 g/mol. The van der Waals surface area contributed by atoms with Gasteiger partial charge in [0, 0.05) is 77.7 Å². The third-order valence-corrected chi connectivity index (χ3v) is 8.41. The van der Waals surface area contributed by atoms with Gasteiger partial charge in [0.05, 0.1) is 22.4 Å². The Kier molecular flexibility index (Phi) is 8.31. The molecular formula is C35H42N6. The summed E-state index contributed by atoms with van der Waals surface area (Å²) in [6.07, 6.45) is 9.51. The molecule has 0 aliphatic heterocycles. The zero-order valence-corrected chi connectivity index (χ0v) is 24.5. The maximum Gasteiger partial charge on any atom is 0.0786 e. The average Bonchev–Trinajstić information content (AvgIpc) is 3.51. The lowest BCUT2D eigenvalue weighted by Crippen LogP contribution is -2.27. The van der Waals surface area contributed by atoms with Crippen molar-refractivity contribution < 1.29 is 0 Å². The van der Waals surface area contributed by atoms with Gasteiger partial charge in [-0.25, -0.2) is 0 Å². The molecule has 6 nitrogen and oxygen atoms in total. The lowest BCUT2D eigenvalue weighted by Gasteiger charge is -2.23. The summed E-state index contributed by atoms with van der Waals surface area (Å²) in [5.41, 5.74) is 13.4. The number of pyridine rings is 2. The largest absolute Gasteiger partial charge is 0.339 e. The van der Waals surface area contributed by atoms with Crippen LogP contribution < -0.4 is 5.73 Å². The summed E-state index contributed by atoms with van der Waals surface area (Å²) in [6, 6.07) is 21.9. The van der Waals surface area contributed by atoms with Crippen molar-refractivity contribution in [1.29, 1.82) is 0 Å². The zero-order chi connectivity index (χ0) is 28.2. The van der Waals surface area contributed by atoms with E-state index in [2.05, 4.69) is 88.5 Å². The van der Waals surface area contributed by atoms with Gasteiger partial charge in [-0.05, 0) is 50.1 Å². The van der Waals surface area contributed by atoms with Gasteiger partial charge in [0.2, 0.25) is 0 Å². The number of unbranched alkanes of at least 4 members (excludes halogenated alkanes) is 2. The highest BCUT2D eigenvalue weighted by Crippen LogP contribution is 2.33. The maximum absolute atomic E-state index is 6.04. The summed E-state index contributed by atoms with van der Waals surface area (Å²) >= 11 is 0. The van der Waals surface area contributed by atoms with Gasteiger partial charge in [-0.2, -0.15) is 0 Å². The number of para-hydroxylation sites is 2. The van der Waals surface area contributed by atoms with E-state index in [0.29, 0.717) is 6.54 Å². The van der Waals surface area contributed by atoms with Crippen LogP contribution in [0.25, 0.3) is 43.6 Å². The molecule has 4 heterocycles. The van der Waals surface area contributed by atoms with E-state index in [4.69, 9.17) is 15.7 Å². The van der Waals surface area contributed by atoms with Crippen molar-refractivity contribution >= 4 is 43.6 Å². The van der Waals surface area contributed by atoms with E-state index in [9.17, 15) is 0 Å². The Morgan fingerprint density at radius 1 is 0.634 bits per heavy atom. The highest BCUT2D eigenvalue weighted by atomic mass is 15.1. The highest BCUT2D eigenvalue weighted by Gasteiger charge is 2.20.